The Morgan fingerprint density at radius 2 is 1.67 bits per heavy atom. The first-order valence-electron chi connectivity index (χ1n) is 5.40. The lowest BCUT2D eigenvalue weighted by Crippen LogP contribution is -1.74. The molecule has 0 aromatic carbocycles. The zero-order chi connectivity index (χ0) is 9.07. The molecule has 0 spiro atoms. The summed E-state index contributed by atoms with van der Waals surface area (Å²) in [5.41, 5.74) is 0. The summed E-state index contributed by atoms with van der Waals surface area (Å²) in [6, 6.07) is 0. The molecule has 0 fully saturated rings. The monoisotopic (exact) mass is 167 g/mol. The Morgan fingerprint density at radius 3 is 2.33 bits per heavy atom. The quantitative estimate of drug-likeness (QED) is 0.466. The van der Waals surface area contributed by atoms with Gasteiger partial charge < -0.3 is 0 Å². The minimum atomic E-state index is 1.23. The van der Waals surface area contributed by atoms with Gasteiger partial charge in [0.25, 0.3) is 0 Å². The molecule has 0 aliphatic heterocycles. The number of rotatable bonds is 8. The fourth-order valence-electron chi connectivity index (χ4n) is 1.14. The fraction of sp³-hybridized carbons (Fsp3) is 0.750. The molecule has 0 atom stereocenters. The van der Waals surface area contributed by atoms with E-state index in [0.717, 1.165) is 0 Å². The van der Waals surface area contributed by atoms with E-state index in [-0.39, 0.29) is 0 Å². The summed E-state index contributed by atoms with van der Waals surface area (Å²) in [6.45, 7) is 4.47. The minimum absolute atomic E-state index is 1.23. The highest BCUT2D eigenvalue weighted by atomic mass is 13.9. The highest BCUT2D eigenvalue weighted by Gasteiger charge is 1.84. The molecule has 0 unspecified atom stereocenters. The van der Waals surface area contributed by atoms with Crippen LogP contribution in [-0.4, -0.2) is 0 Å². The molecule has 1 radical (unpaired) electrons. The molecule has 0 saturated carbocycles. The second kappa shape index (κ2) is 10.7. The van der Waals surface area contributed by atoms with Crippen molar-refractivity contribution in [2.75, 3.05) is 0 Å². The molecule has 0 aromatic rings. The van der Waals surface area contributed by atoms with E-state index < -0.39 is 0 Å². The zero-order valence-corrected chi connectivity index (χ0v) is 8.68. The number of allylic oxidation sites excluding steroid dienone is 2. The maximum atomic E-state index is 2.30. The Labute approximate surface area is 78.1 Å². The van der Waals surface area contributed by atoms with Crippen LogP contribution in [0.5, 0.6) is 0 Å². The molecule has 0 bridgehead atoms. The van der Waals surface area contributed by atoms with Crippen LogP contribution in [0, 0.1) is 6.42 Å². The summed E-state index contributed by atoms with van der Waals surface area (Å²) in [7, 11) is 0. The Balaban J connectivity index is 2.92. The van der Waals surface area contributed by atoms with Gasteiger partial charge >= 0.3 is 0 Å². The van der Waals surface area contributed by atoms with Gasteiger partial charge in [0, 0.05) is 0 Å². The summed E-state index contributed by atoms with van der Waals surface area (Å²) in [6.07, 6.45) is 16.0. The highest BCUT2D eigenvalue weighted by molar-refractivity contribution is 4.93. The van der Waals surface area contributed by atoms with E-state index in [1.807, 2.05) is 0 Å². The molecule has 0 heteroatoms. The van der Waals surface area contributed by atoms with E-state index >= 15 is 0 Å². The summed E-state index contributed by atoms with van der Waals surface area (Å²) < 4.78 is 0. The first-order chi connectivity index (χ1) is 5.91. The minimum Gasteiger partial charge on any atom is -0.0882 e. The van der Waals surface area contributed by atoms with Crippen LogP contribution in [0.3, 0.4) is 0 Å². The predicted octanol–water partition coefficient (Wildman–Crippen LogP) is 4.52. The van der Waals surface area contributed by atoms with Crippen molar-refractivity contribution in [3.63, 3.8) is 0 Å². The molecule has 0 N–H and O–H groups in total. The zero-order valence-electron chi connectivity index (χ0n) is 8.68. The van der Waals surface area contributed by atoms with Gasteiger partial charge in [-0.1, -0.05) is 51.7 Å². The summed E-state index contributed by atoms with van der Waals surface area (Å²) in [5.74, 6) is 0. The molecule has 0 saturated heterocycles. The Bertz CT molecular complexity index is 92.2. The third kappa shape index (κ3) is 9.74. The van der Waals surface area contributed by atoms with Crippen LogP contribution < -0.4 is 0 Å². The van der Waals surface area contributed by atoms with Crippen LogP contribution in [0.4, 0.5) is 0 Å². The van der Waals surface area contributed by atoms with Crippen molar-refractivity contribution < 1.29 is 0 Å². The van der Waals surface area contributed by atoms with Gasteiger partial charge in [-0.05, 0) is 25.7 Å². The van der Waals surface area contributed by atoms with E-state index in [1.165, 1.54) is 44.9 Å². The molecule has 0 aromatic heterocycles. The van der Waals surface area contributed by atoms with Crippen LogP contribution in [0.1, 0.15) is 58.8 Å². The van der Waals surface area contributed by atoms with Crippen molar-refractivity contribution in [2.45, 2.75) is 58.8 Å². The highest BCUT2D eigenvalue weighted by Crippen LogP contribution is 2.03. The normalized spacial score (nSPS) is 11.2. The molecule has 0 nitrogen and oxygen atoms in total. The maximum absolute atomic E-state index is 2.30. The summed E-state index contributed by atoms with van der Waals surface area (Å²) >= 11 is 0. The summed E-state index contributed by atoms with van der Waals surface area (Å²) in [5, 5.41) is 0. The van der Waals surface area contributed by atoms with Crippen molar-refractivity contribution in [2.24, 2.45) is 0 Å². The first-order valence-corrected chi connectivity index (χ1v) is 5.40. The van der Waals surface area contributed by atoms with Gasteiger partial charge in [-0.15, -0.1) is 0 Å². The van der Waals surface area contributed by atoms with Crippen LogP contribution in [0.15, 0.2) is 12.2 Å². The molecular weight excluding hydrogens is 144 g/mol. The van der Waals surface area contributed by atoms with Gasteiger partial charge in [-0.3, -0.25) is 0 Å². The predicted molar refractivity (Wildman–Crippen MR) is 57.1 cm³/mol. The third-order valence-electron chi connectivity index (χ3n) is 1.95. The number of hydrogen-bond acceptors (Lipinski definition) is 0. The summed E-state index contributed by atoms with van der Waals surface area (Å²) in [4.78, 5) is 0. The largest absolute Gasteiger partial charge is 0.0882 e. The van der Waals surface area contributed by atoms with Gasteiger partial charge in [0.1, 0.15) is 0 Å². The average Bonchev–Trinajstić information content (AvgIpc) is 2.10. The van der Waals surface area contributed by atoms with Gasteiger partial charge in [0.15, 0.2) is 0 Å². The second-order valence-electron chi connectivity index (χ2n) is 3.30. The maximum Gasteiger partial charge on any atom is -0.0171 e. The number of hydrogen-bond donors (Lipinski definition) is 0. The van der Waals surface area contributed by atoms with E-state index in [0.29, 0.717) is 0 Å². The molecule has 0 rings (SSSR count). The smallest absolute Gasteiger partial charge is 0.0171 e. The standard InChI is InChI=1S/C12H23/c1-3-5-7-9-11-12-10-8-6-4-2/h7,9,11H,3-6,8,10,12H2,1-2H3. The van der Waals surface area contributed by atoms with Gasteiger partial charge in [-0.2, -0.15) is 0 Å². The van der Waals surface area contributed by atoms with Crippen LogP contribution in [-0.2, 0) is 0 Å². The van der Waals surface area contributed by atoms with Crippen molar-refractivity contribution >= 4 is 0 Å². The average molecular weight is 167 g/mol. The van der Waals surface area contributed by atoms with E-state index in [2.05, 4.69) is 32.4 Å². The SMILES string of the molecule is CCC[CH]C=CCCCCCC. The molecule has 71 valence electrons. The lowest BCUT2D eigenvalue weighted by atomic mass is 10.1. The molecule has 0 aliphatic rings. The lowest BCUT2D eigenvalue weighted by Gasteiger charge is -1.93. The Kier molecular flexibility index (Phi) is 10.5. The van der Waals surface area contributed by atoms with Crippen molar-refractivity contribution in [1.82, 2.24) is 0 Å². The van der Waals surface area contributed by atoms with Gasteiger partial charge in [0.05, 0.1) is 0 Å². The number of unbranched alkanes of at least 4 members (excludes halogenated alkanes) is 6. The van der Waals surface area contributed by atoms with Crippen molar-refractivity contribution in [3.8, 4) is 0 Å². The van der Waals surface area contributed by atoms with Gasteiger partial charge in [-0.25, -0.2) is 0 Å². The fourth-order valence-corrected chi connectivity index (χ4v) is 1.14. The van der Waals surface area contributed by atoms with E-state index in [1.54, 1.807) is 0 Å². The second-order valence-corrected chi connectivity index (χ2v) is 3.30. The lowest BCUT2D eigenvalue weighted by molar-refractivity contribution is 0.674. The van der Waals surface area contributed by atoms with Gasteiger partial charge in [0.2, 0.25) is 0 Å². The van der Waals surface area contributed by atoms with Crippen LogP contribution in [0.2, 0.25) is 0 Å². The third-order valence-corrected chi connectivity index (χ3v) is 1.95. The van der Waals surface area contributed by atoms with E-state index in [9.17, 15) is 0 Å². The van der Waals surface area contributed by atoms with Crippen molar-refractivity contribution in [3.05, 3.63) is 18.6 Å². The molecule has 0 heterocycles. The van der Waals surface area contributed by atoms with Crippen LogP contribution >= 0.6 is 0 Å². The molecule has 12 heavy (non-hydrogen) atoms. The molecule has 0 aliphatic carbocycles. The van der Waals surface area contributed by atoms with Crippen LogP contribution in [0.25, 0.3) is 0 Å². The Morgan fingerprint density at radius 1 is 0.833 bits per heavy atom. The first kappa shape index (κ1) is 11.7. The van der Waals surface area contributed by atoms with E-state index in [4.69, 9.17) is 0 Å². The van der Waals surface area contributed by atoms with Crippen molar-refractivity contribution in [1.29, 1.82) is 0 Å². The Hall–Kier alpha value is -0.260. The molecule has 0 amide bonds. The topological polar surface area (TPSA) is 0 Å². The molecular formula is C12H23.